The molecule has 0 saturated heterocycles. The maximum Gasteiger partial charge on any atom is 0.258 e. The zero-order valence-electron chi connectivity index (χ0n) is 27.3. The average molecular weight is 686 g/mol. The van der Waals surface area contributed by atoms with E-state index in [4.69, 9.17) is 23.2 Å². The lowest BCUT2D eigenvalue weighted by molar-refractivity contribution is -0.127. The van der Waals surface area contributed by atoms with Gasteiger partial charge in [0.2, 0.25) is 12.1 Å². The lowest BCUT2D eigenvalue weighted by Crippen LogP contribution is -2.32. The number of nitrogens with zero attached hydrogens (tertiary/aromatic N) is 4. The van der Waals surface area contributed by atoms with E-state index in [2.05, 4.69) is 31.1 Å². The lowest BCUT2D eigenvalue weighted by atomic mass is 10.0. The molecule has 2 unspecified atom stereocenters. The number of azo groups is 2. The number of hydrogen-bond donors (Lipinski definition) is 2. The quantitative estimate of drug-likeness (QED) is 0.120. The van der Waals surface area contributed by atoms with E-state index in [-0.39, 0.29) is 10.7 Å². The number of amides is 2. The Morgan fingerprint density at radius 1 is 0.604 bits per heavy atom. The van der Waals surface area contributed by atoms with Crippen LogP contribution in [0.15, 0.2) is 93.3 Å². The maximum absolute atomic E-state index is 12.9. The Labute approximate surface area is 288 Å². The monoisotopic (exact) mass is 684 g/mol. The molecule has 2 atom stereocenters. The predicted octanol–water partition coefficient (Wildman–Crippen LogP) is 9.25. The zero-order valence-corrected chi connectivity index (χ0v) is 28.8. The molecular weight excluding hydrogens is 651 g/mol. The number of carbonyl (C=O) groups is 4. The van der Waals surface area contributed by atoms with E-state index in [0.717, 1.165) is 22.3 Å². The summed E-state index contributed by atoms with van der Waals surface area (Å²) in [6.07, 6.45) is 0. The summed E-state index contributed by atoms with van der Waals surface area (Å²) < 4.78 is 0. The Bertz CT molecular complexity index is 1960. The summed E-state index contributed by atoms with van der Waals surface area (Å²) >= 11 is 13.1. The number of hydrogen-bond acceptors (Lipinski definition) is 8. The van der Waals surface area contributed by atoms with E-state index in [0.29, 0.717) is 33.2 Å². The van der Waals surface area contributed by atoms with Crippen molar-refractivity contribution in [3.05, 3.63) is 105 Å². The van der Waals surface area contributed by atoms with Crippen molar-refractivity contribution in [2.75, 3.05) is 10.6 Å². The fourth-order valence-corrected chi connectivity index (χ4v) is 5.20. The van der Waals surface area contributed by atoms with Crippen LogP contribution in [0.25, 0.3) is 11.1 Å². The number of aryl methyl sites for hydroxylation is 4. The number of halogens is 2. The minimum absolute atomic E-state index is 0.177. The minimum Gasteiger partial charge on any atom is -0.324 e. The average Bonchev–Trinajstić information content (AvgIpc) is 3.01. The summed E-state index contributed by atoms with van der Waals surface area (Å²) in [5, 5.41) is 22.2. The van der Waals surface area contributed by atoms with E-state index in [9.17, 15) is 19.2 Å². The number of anilines is 2. The standard InChI is InChI=1S/C36H34Cl2N6O4/c1-19-7-13-30(21(3)15-19)39-35(47)33(23(5)45)43-41-26-11-9-25(10-12-26)27-17-29(38)32(18-28(27)37)42-44-34(24(6)46)36(48)40-31-14-8-20(2)16-22(31)4/h7-18,33-34H,1-6H3,(H,39,47)(H,40,48). The summed E-state index contributed by atoms with van der Waals surface area (Å²) in [7, 11) is 0. The summed E-state index contributed by atoms with van der Waals surface area (Å²) in [5.74, 6) is -2.14. The fourth-order valence-electron chi connectivity index (χ4n) is 4.73. The molecule has 2 N–H and O–H groups in total. The number of rotatable bonds is 11. The van der Waals surface area contributed by atoms with Gasteiger partial charge in [0.05, 0.1) is 15.7 Å². The largest absolute Gasteiger partial charge is 0.324 e. The molecule has 4 rings (SSSR count). The normalized spacial score (nSPS) is 12.6. The third kappa shape index (κ3) is 9.05. The Balaban J connectivity index is 1.47. The van der Waals surface area contributed by atoms with Crippen LogP contribution in [0.5, 0.6) is 0 Å². The third-order valence-electron chi connectivity index (χ3n) is 7.33. The highest BCUT2D eigenvalue weighted by molar-refractivity contribution is 6.37. The number of carbonyl (C=O) groups excluding carboxylic acids is 4. The van der Waals surface area contributed by atoms with Gasteiger partial charge in [-0.15, -0.1) is 0 Å². The van der Waals surface area contributed by atoms with Gasteiger partial charge in [-0.05, 0) is 94.6 Å². The lowest BCUT2D eigenvalue weighted by Gasteiger charge is -2.12. The molecular formula is C36H34Cl2N6O4. The van der Waals surface area contributed by atoms with Gasteiger partial charge in [-0.3, -0.25) is 19.2 Å². The molecule has 0 radical (unpaired) electrons. The van der Waals surface area contributed by atoms with Crippen molar-refractivity contribution in [2.24, 2.45) is 20.5 Å². The van der Waals surface area contributed by atoms with Crippen LogP contribution in [0.2, 0.25) is 10.0 Å². The van der Waals surface area contributed by atoms with Crippen LogP contribution in [0.4, 0.5) is 22.7 Å². The molecule has 0 aliphatic carbocycles. The van der Waals surface area contributed by atoms with Crippen LogP contribution in [0.1, 0.15) is 36.1 Å². The molecule has 4 aromatic rings. The third-order valence-corrected chi connectivity index (χ3v) is 7.95. The van der Waals surface area contributed by atoms with Crippen LogP contribution in [-0.2, 0) is 19.2 Å². The molecule has 2 amide bonds. The van der Waals surface area contributed by atoms with Gasteiger partial charge in [0.1, 0.15) is 5.69 Å². The number of benzene rings is 4. The minimum atomic E-state index is -1.39. The van der Waals surface area contributed by atoms with Gasteiger partial charge >= 0.3 is 0 Å². The highest BCUT2D eigenvalue weighted by atomic mass is 35.5. The molecule has 10 nitrogen and oxygen atoms in total. The van der Waals surface area contributed by atoms with Gasteiger partial charge in [0.25, 0.3) is 11.8 Å². The topological polar surface area (TPSA) is 142 Å². The van der Waals surface area contributed by atoms with Crippen molar-refractivity contribution in [3.63, 3.8) is 0 Å². The van der Waals surface area contributed by atoms with Crippen molar-refractivity contribution in [2.45, 2.75) is 53.6 Å². The molecule has 0 bridgehead atoms. The van der Waals surface area contributed by atoms with E-state index < -0.39 is 35.5 Å². The summed E-state index contributed by atoms with van der Waals surface area (Å²) in [6, 6.07) is 18.2. The first kappa shape index (κ1) is 35.8. The van der Waals surface area contributed by atoms with Gasteiger partial charge in [-0.2, -0.15) is 20.5 Å². The highest BCUT2D eigenvalue weighted by Gasteiger charge is 2.25. The van der Waals surface area contributed by atoms with Gasteiger partial charge in [-0.1, -0.05) is 70.7 Å². The molecule has 0 aliphatic rings. The van der Waals surface area contributed by atoms with Crippen LogP contribution < -0.4 is 10.6 Å². The molecule has 0 aliphatic heterocycles. The van der Waals surface area contributed by atoms with E-state index in [1.807, 2.05) is 52.0 Å². The van der Waals surface area contributed by atoms with E-state index in [1.54, 1.807) is 42.5 Å². The molecule has 0 heterocycles. The molecule has 0 aromatic heterocycles. The van der Waals surface area contributed by atoms with Crippen LogP contribution in [0.3, 0.4) is 0 Å². The van der Waals surface area contributed by atoms with Crippen LogP contribution >= 0.6 is 23.2 Å². The smallest absolute Gasteiger partial charge is 0.258 e. The first-order valence-corrected chi connectivity index (χ1v) is 15.7. The van der Waals surface area contributed by atoms with Crippen molar-refractivity contribution in [3.8, 4) is 11.1 Å². The maximum atomic E-state index is 12.9. The second-order valence-electron chi connectivity index (χ2n) is 11.4. The van der Waals surface area contributed by atoms with Gasteiger partial charge < -0.3 is 10.6 Å². The van der Waals surface area contributed by atoms with Gasteiger partial charge in [0, 0.05) is 16.9 Å². The van der Waals surface area contributed by atoms with Crippen LogP contribution in [0, 0.1) is 27.7 Å². The second kappa shape index (κ2) is 15.7. The molecule has 12 heteroatoms. The highest BCUT2D eigenvalue weighted by Crippen LogP contribution is 2.38. The first-order chi connectivity index (χ1) is 22.7. The molecule has 246 valence electrons. The molecule has 48 heavy (non-hydrogen) atoms. The van der Waals surface area contributed by atoms with Gasteiger partial charge in [-0.25, -0.2) is 0 Å². The predicted molar refractivity (Wildman–Crippen MR) is 189 cm³/mol. The second-order valence-corrected chi connectivity index (χ2v) is 12.2. The SMILES string of the molecule is CC(=O)C(N=Nc1ccc(-c2cc(Cl)c(N=NC(C(C)=O)C(=O)Nc3ccc(C)cc3C)cc2Cl)cc1)C(=O)Nc1ccc(C)cc1C. The summed E-state index contributed by atoms with van der Waals surface area (Å²) in [6.45, 7) is 10.2. The zero-order chi connectivity index (χ0) is 35.1. The van der Waals surface area contributed by atoms with E-state index in [1.165, 1.54) is 19.9 Å². The van der Waals surface area contributed by atoms with Gasteiger partial charge in [0.15, 0.2) is 11.6 Å². The summed E-state index contributed by atoms with van der Waals surface area (Å²) in [4.78, 5) is 50.2. The Morgan fingerprint density at radius 3 is 1.54 bits per heavy atom. The van der Waals surface area contributed by atoms with Crippen LogP contribution in [-0.4, -0.2) is 35.5 Å². The number of Topliss-reactive ketones (excluding diaryl/α,β-unsaturated/α-hetero) is 2. The first-order valence-electron chi connectivity index (χ1n) is 14.9. The molecule has 0 spiro atoms. The van der Waals surface area contributed by atoms with Crippen molar-refractivity contribution in [1.29, 1.82) is 0 Å². The molecule has 4 aromatic carbocycles. The van der Waals surface area contributed by atoms with E-state index >= 15 is 0 Å². The summed E-state index contributed by atoms with van der Waals surface area (Å²) in [5.41, 5.74) is 6.82. The van der Waals surface area contributed by atoms with Crippen molar-refractivity contribution in [1.82, 2.24) is 0 Å². The number of ketones is 2. The fraction of sp³-hybridized carbons (Fsp3) is 0.222. The number of nitrogens with one attached hydrogen (secondary N) is 2. The van der Waals surface area contributed by atoms with Crippen molar-refractivity contribution < 1.29 is 19.2 Å². The Morgan fingerprint density at radius 2 is 1.08 bits per heavy atom. The Hall–Kier alpha value is -5.06. The molecule has 0 saturated carbocycles. The Kier molecular flexibility index (Phi) is 11.7. The van der Waals surface area contributed by atoms with Crippen molar-refractivity contribution >= 4 is 69.3 Å². The molecule has 0 fully saturated rings.